The normalized spacial score (nSPS) is 14.4. The zero-order valence-electron chi connectivity index (χ0n) is 20.8. The van der Waals surface area contributed by atoms with E-state index in [0.717, 1.165) is 48.2 Å². The van der Waals surface area contributed by atoms with Crippen molar-refractivity contribution in [3.63, 3.8) is 0 Å². The van der Waals surface area contributed by atoms with Crippen LogP contribution in [0.2, 0.25) is 0 Å². The lowest BCUT2D eigenvalue weighted by Gasteiger charge is -2.23. The van der Waals surface area contributed by atoms with Crippen LogP contribution in [0.15, 0.2) is 47.0 Å². The van der Waals surface area contributed by atoms with Crippen molar-refractivity contribution in [1.82, 2.24) is 15.2 Å². The predicted molar refractivity (Wildman–Crippen MR) is 135 cm³/mol. The Bertz CT molecular complexity index is 1030. The van der Waals surface area contributed by atoms with Gasteiger partial charge in [0.25, 0.3) is 5.89 Å². The van der Waals surface area contributed by atoms with Gasteiger partial charge in [-0.1, -0.05) is 74.5 Å². The molecule has 5 heteroatoms. The van der Waals surface area contributed by atoms with Gasteiger partial charge in [0.05, 0.1) is 5.21 Å². The van der Waals surface area contributed by atoms with E-state index < -0.39 is 0 Å². The highest BCUT2D eigenvalue weighted by Gasteiger charge is 2.34. The number of aromatic nitrogens is 2. The highest BCUT2D eigenvalue weighted by molar-refractivity contribution is 5.54. The second-order valence-electron chi connectivity index (χ2n) is 9.48. The molecule has 1 unspecified atom stereocenters. The average Bonchev–Trinajstić information content (AvgIpc) is 3.35. The van der Waals surface area contributed by atoms with Gasteiger partial charge in [-0.15, -0.1) is 0 Å². The van der Waals surface area contributed by atoms with Crippen LogP contribution in [-0.2, 0) is 24.5 Å². The van der Waals surface area contributed by atoms with Crippen LogP contribution in [0, 0.1) is 0 Å². The van der Waals surface area contributed by atoms with E-state index in [1.165, 1.54) is 61.1 Å². The third-order valence-electron chi connectivity index (χ3n) is 7.02. The number of unbranched alkanes of at least 4 members (excludes halogenated alkanes) is 5. The maximum atomic E-state index is 13.0. The molecule has 0 fully saturated rings. The molecule has 1 aromatic heterocycles. The Balaban J connectivity index is 1.47. The SMILES string of the molecule is CCCCCCCCc1noc(-c2ccc(C(c3cccc4c3CCCC4)[N+]([O])CC)cc2)n1. The molecule has 180 valence electrons. The second kappa shape index (κ2) is 12.3. The van der Waals surface area contributed by atoms with Crippen LogP contribution in [0.4, 0.5) is 0 Å². The Morgan fingerprint density at radius 1 is 0.941 bits per heavy atom. The van der Waals surface area contributed by atoms with Gasteiger partial charge in [-0.25, -0.2) is 0 Å². The Morgan fingerprint density at radius 3 is 2.50 bits per heavy atom. The number of hydroxylamine groups is 2. The summed E-state index contributed by atoms with van der Waals surface area (Å²) in [4.78, 5) is 4.61. The fraction of sp³-hybridized carbons (Fsp3) is 0.517. The monoisotopic (exact) mass is 460 g/mol. The Kier molecular flexibility index (Phi) is 8.89. The first-order valence-corrected chi connectivity index (χ1v) is 13.2. The molecule has 5 nitrogen and oxygen atoms in total. The number of rotatable bonds is 12. The first-order valence-electron chi connectivity index (χ1n) is 13.2. The summed E-state index contributed by atoms with van der Waals surface area (Å²) in [5.41, 5.74) is 5.83. The molecule has 34 heavy (non-hydrogen) atoms. The Hall–Kier alpha value is -2.50. The summed E-state index contributed by atoms with van der Waals surface area (Å²) in [6.07, 6.45) is 12.9. The number of aryl methyl sites for hydroxylation is 2. The molecule has 1 heterocycles. The van der Waals surface area contributed by atoms with E-state index in [2.05, 4.69) is 35.3 Å². The van der Waals surface area contributed by atoms with Crippen molar-refractivity contribution in [1.29, 1.82) is 0 Å². The van der Waals surface area contributed by atoms with E-state index in [-0.39, 0.29) is 6.04 Å². The summed E-state index contributed by atoms with van der Waals surface area (Å²) in [5, 5.41) is 18.4. The summed E-state index contributed by atoms with van der Waals surface area (Å²) in [7, 11) is 0. The van der Waals surface area contributed by atoms with Crippen LogP contribution in [-0.4, -0.2) is 16.7 Å². The molecule has 1 atom stereocenters. The fourth-order valence-electron chi connectivity index (χ4n) is 5.09. The number of nitrogens with zero attached hydrogens (tertiary/aromatic N) is 3. The number of benzene rings is 2. The largest absolute Gasteiger partial charge is 0.334 e. The van der Waals surface area contributed by atoms with Gasteiger partial charge < -0.3 is 4.52 Å². The molecule has 0 aliphatic heterocycles. The van der Waals surface area contributed by atoms with Gasteiger partial charge in [-0.2, -0.15) is 4.98 Å². The van der Waals surface area contributed by atoms with Gasteiger partial charge in [0.2, 0.25) is 6.04 Å². The van der Waals surface area contributed by atoms with Crippen LogP contribution in [0.3, 0.4) is 0 Å². The van der Waals surface area contributed by atoms with Crippen LogP contribution in [0.5, 0.6) is 0 Å². The molecule has 0 N–H and O–H groups in total. The van der Waals surface area contributed by atoms with Crippen molar-refractivity contribution >= 4 is 0 Å². The Labute approximate surface area is 204 Å². The molecule has 1 aliphatic carbocycles. The minimum absolute atomic E-state index is 0.293. The van der Waals surface area contributed by atoms with Crippen LogP contribution in [0.1, 0.15) is 99.3 Å². The maximum Gasteiger partial charge on any atom is 0.257 e. The second-order valence-corrected chi connectivity index (χ2v) is 9.48. The smallest absolute Gasteiger partial charge is 0.257 e. The molecule has 2 radical (unpaired) electrons. The highest BCUT2D eigenvalue weighted by Crippen LogP contribution is 2.34. The minimum atomic E-state index is -0.293. The maximum absolute atomic E-state index is 13.0. The fourth-order valence-corrected chi connectivity index (χ4v) is 5.09. The zero-order chi connectivity index (χ0) is 23.8. The van der Waals surface area contributed by atoms with E-state index in [0.29, 0.717) is 12.4 Å². The van der Waals surface area contributed by atoms with Gasteiger partial charge >= 0.3 is 0 Å². The minimum Gasteiger partial charge on any atom is -0.334 e. The standard InChI is InChI=1S/C29H38N3O2/c1-3-5-6-7-8-9-17-27-30-29(34-31-27)24-20-18-23(19-21-24)28(32(33)4-2)26-16-12-14-22-13-10-11-15-25(22)26/h12,14,16,18-21,28H,3-11,13,15,17H2,1-2H3/q+1. The van der Waals surface area contributed by atoms with Gasteiger partial charge in [0.15, 0.2) is 12.4 Å². The number of hydrogen-bond donors (Lipinski definition) is 0. The zero-order valence-corrected chi connectivity index (χ0v) is 20.8. The lowest BCUT2D eigenvalue weighted by molar-refractivity contribution is -0.0768. The molecular weight excluding hydrogens is 422 g/mol. The molecule has 4 rings (SSSR count). The average molecular weight is 461 g/mol. The molecule has 0 spiro atoms. The van der Waals surface area contributed by atoms with Crippen LogP contribution >= 0.6 is 0 Å². The summed E-state index contributed by atoms with van der Waals surface area (Å²) in [5.74, 6) is 1.33. The first kappa shape index (κ1) is 24.6. The molecule has 0 saturated heterocycles. The quantitative estimate of drug-likeness (QED) is 0.164. The molecule has 2 aromatic carbocycles. The summed E-state index contributed by atoms with van der Waals surface area (Å²) in [6, 6.07) is 14.3. The molecule has 0 saturated carbocycles. The van der Waals surface area contributed by atoms with Crippen molar-refractivity contribution in [2.45, 2.75) is 90.5 Å². The molecule has 1 aliphatic rings. The molecule has 0 bridgehead atoms. The van der Waals surface area contributed by atoms with E-state index in [1.54, 1.807) is 0 Å². The summed E-state index contributed by atoms with van der Waals surface area (Å²) >= 11 is 0. The third-order valence-corrected chi connectivity index (χ3v) is 7.02. The van der Waals surface area contributed by atoms with Gasteiger partial charge in [0.1, 0.15) is 0 Å². The molecule has 0 amide bonds. The summed E-state index contributed by atoms with van der Waals surface area (Å²) < 4.78 is 5.54. The topological polar surface area (TPSA) is 64.7 Å². The van der Waals surface area contributed by atoms with Crippen molar-refractivity contribution in [2.75, 3.05) is 6.54 Å². The molecule has 3 aromatic rings. The predicted octanol–water partition coefficient (Wildman–Crippen LogP) is 7.11. The van der Waals surface area contributed by atoms with E-state index in [9.17, 15) is 5.21 Å². The summed E-state index contributed by atoms with van der Waals surface area (Å²) in [6.45, 7) is 4.61. The van der Waals surface area contributed by atoms with Crippen molar-refractivity contribution in [2.24, 2.45) is 0 Å². The molecular formula is C29H38N3O2+. The van der Waals surface area contributed by atoms with Crippen molar-refractivity contribution in [3.8, 4) is 11.5 Å². The number of fused-ring (bicyclic) bond motifs is 1. The third kappa shape index (κ3) is 5.94. The first-order chi connectivity index (χ1) is 16.7. The van der Waals surface area contributed by atoms with E-state index in [1.807, 2.05) is 31.2 Å². The van der Waals surface area contributed by atoms with E-state index in [4.69, 9.17) is 4.52 Å². The Morgan fingerprint density at radius 2 is 1.71 bits per heavy atom. The van der Waals surface area contributed by atoms with Crippen molar-refractivity contribution in [3.05, 3.63) is 70.5 Å². The lowest BCUT2D eigenvalue weighted by atomic mass is 9.84. The lowest BCUT2D eigenvalue weighted by Crippen LogP contribution is -2.31. The van der Waals surface area contributed by atoms with Gasteiger partial charge in [0, 0.05) is 28.2 Å². The van der Waals surface area contributed by atoms with Crippen LogP contribution < -0.4 is 5.06 Å². The highest BCUT2D eigenvalue weighted by atomic mass is 16.5. The van der Waals surface area contributed by atoms with E-state index >= 15 is 0 Å². The van der Waals surface area contributed by atoms with Crippen molar-refractivity contribution < 1.29 is 9.73 Å². The van der Waals surface area contributed by atoms with Crippen LogP contribution in [0.25, 0.3) is 11.5 Å². The van der Waals surface area contributed by atoms with Gasteiger partial charge in [-0.3, -0.25) is 0 Å². The van der Waals surface area contributed by atoms with Gasteiger partial charge in [-0.05, 0) is 62.3 Å². The number of hydrogen-bond acceptors (Lipinski definition) is 4.